The second-order valence-electron chi connectivity index (χ2n) is 10.6. The van der Waals surface area contributed by atoms with Crippen LogP contribution in [-0.4, -0.2) is 74.1 Å². The van der Waals surface area contributed by atoms with Crippen LogP contribution >= 0.6 is 0 Å². The Morgan fingerprint density at radius 2 is 1.56 bits per heavy atom. The molecule has 39 heavy (non-hydrogen) atoms. The molecule has 0 bridgehead atoms. The van der Waals surface area contributed by atoms with E-state index in [2.05, 4.69) is 11.8 Å². The van der Waals surface area contributed by atoms with Gasteiger partial charge in [-0.25, -0.2) is 8.42 Å². The van der Waals surface area contributed by atoms with Gasteiger partial charge in [-0.05, 0) is 87.2 Å². The van der Waals surface area contributed by atoms with Crippen molar-refractivity contribution in [2.24, 2.45) is 5.92 Å². The van der Waals surface area contributed by atoms with E-state index in [4.69, 9.17) is 9.47 Å². The topological polar surface area (TPSA) is 96.4 Å². The number of ether oxygens (including phenoxy) is 2. The third-order valence-corrected chi connectivity index (χ3v) is 9.85. The molecular weight excluding hydrogens is 516 g/mol. The number of nitrogens with zero attached hydrogens (tertiary/aromatic N) is 2. The highest BCUT2D eigenvalue weighted by Crippen LogP contribution is 2.32. The Labute approximate surface area is 232 Å². The van der Waals surface area contributed by atoms with E-state index in [1.165, 1.54) is 19.3 Å². The van der Waals surface area contributed by atoms with Gasteiger partial charge in [0.2, 0.25) is 0 Å². The van der Waals surface area contributed by atoms with E-state index in [0.29, 0.717) is 38.5 Å². The molecule has 0 aromatic heterocycles. The molecule has 1 N–H and O–H groups in total. The average molecular weight is 559 g/mol. The summed E-state index contributed by atoms with van der Waals surface area (Å²) in [7, 11) is -3.79. The van der Waals surface area contributed by atoms with Crippen molar-refractivity contribution in [3.8, 4) is 11.5 Å². The van der Waals surface area contributed by atoms with E-state index in [1.807, 2.05) is 29.2 Å². The summed E-state index contributed by atoms with van der Waals surface area (Å²) in [6, 6.07) is 14.3. The Balaban J connectivity index is 1.41. The summed E-state index contributed by atoms with van der Waals surface area (Å²) in [6.45, 7) is 7.33. The first-order valence-electron chi connectivity index (χ1n) is 14.2. The number of piperidine rings is 2. The molecular formula is C30H42N2O6S. The van der Waals surface area contributed by atoms with Crippen molar-refractivity contribution in [3.63, 3.8) is 0 Å². The maximum absolute atomic E-state index is 13.7. The number of hydrogen-bond acceptors (Lipinski definition) is 7. The zero-order valence-electron chi connectivity index (χ0n) is 23.0. The summed E-state index contributed by atoms with van der Waals surface area (Å²) >= 11 is 0. The number of carboxylic acids is 1. The molecule has 9 heteroatoms. The highest BCUT2D eigenvalue weighted by molar-refractivity contribution is 7.92. The number of sulfone groups is 1. The van der Waals surface area contributed by atoms with E-state index in [0.717, 1.165) is 43.8 Å². The van der Waals surface area contributed by atoms with Crippen molar-refractivity contribution in [1.82, 2.24) is 9.80 Å². The van der Waals surface area contributed by atoms with Gasteiger partial charge in [0.25, 0.3) is 0 Å². The van der Waals surface area contributed by atoms with Gasteiger partial charge < -0.3 is 14.6 Å². The summed E-state index contributed by atoms with van der Waals surface area (Å²) < 4.78 is 39.1. The lowest BCUT2D eigenvalue weighted by atomic mass is 9.96. The van der Waals surface area contributed by atoms with E-state index in [-0.39, 0.29) is 11.3 Å². The van der Waals surface area contributed by atoms with Crippen molar-refractivity contribution in [2.45, 2.75) is 68.7 Å². The van der Waals surface area contributed by atoms with Crippen LogP contribution in [0, 0.1) is 5.92 Å². The summed E-state index contributed by atoms with van der Waals surface area (Å²) in [4.78, 5) is 16.3. The quantitative estimate of drug-likeness (QED) is 0.350. The molecule has 2 aromatic rings. The van der Waals surface area contributed by atoms with Gasteiger partial charge in [-0.2, -0.15) is 0 Å². The van der Waals surface area contributed by atoms with Crippen molar-refractivity contribution >= 4 is 15.8 Å². The minimum absolute atomic E-state index is 0.0596. The standard InChI is InChI=1S/C30H42N2O6S/c1-2-3-20-37-27-11-13-28(14-12-27)39(35,36)29-22-25(30(33)34)15-18-32(29)23-24-7-9-26(10-8-24)38-21-19-31-16-5-4-6-17-31/h7-14,25,29H,2-6,15-23H2,1H3,(H,33,34). The zero-order valence-corrected chi connectivity index (χ0v) is 23.8. The molecule has 8 nitrogen and oxygen atoms in total. The first kappa shape index (κ1) is 29.4. The summed E-state index contributed by atoms with van der Waals surface area (Å²) in [5.41, 5.74) is 0.965. The Morgan fingerprint density at radius 1 is 0.923 bits per heavy atom. The monoisotopic (exact) mass is 558 g/mol. The summed E-state index contributed by atoms with van der Waals surface area (Å²) in [6.07, 6.45) is 6.26. The highest BCUT2D eigenvalue weighted by atomic mass is 32.2. The van der Waals surface area contributed by atoms with E-state index < -0.39 is 27.1 Å². The predicted molar refractivity (Wildman–Crippen MR) is 151 cm³/mol. The van der Waals surface area contributed by atoms with E-state index in [9.17, 15) is 18.3 Å². The molecule has 2 fully saturated rings. The first-order chi connectivity index (χ1) is 18.9. The fraction of sp³-hybridized carbons (Fsp3) is 0.567. The van der Waals surface area contributed by atoms with Crippen molar-refractivity contribution in [3.05, 3.63) is 54.1 Å². The SMILES string of the molecule is CCCCOc1ccc(S(=O)(=O)C2CC(C(=O)O)CCN2Cc2ccc(OCCN3CCCCC3)cc2)cc1. The average Bonchev–Trinajstić information content (AvgIpc) is 2.95. The number of benzene rings is 2. The van der Waals surface area contributed by atoms with Crippen LogP contribution in [-0.2, 0) is 21.2 Å². The lowest BCUT2D eigenvalue weighted by molar-refractivity contribution is -0.143. The fourth-order valence-corrected chi connectivity index (χ4v) is 7.21. The fourth-order valence-electron chi connectivity index (χ4n) is 5.32. The van der Waals surface area contributed by atoms with Crippen LogP contribution in [0.4, 0.5) is 0 Å². The predicted octanol–water partition coefficient (Wildman–Crippen LogP) is 4.83. The Bertz CT molecular complexity index is 1150. The number of aliphatic carboxylic acids is 1. The molecule has 0 saturated carbocycles. The lowest BCUT2D eigenvalue weighted by Gasteiger charge is -2.37. The number of hydrogen-bond donors (Lipinski definition) is 1. The molecule has 2 unspecified atom stereocenters. The van der Waals surface area contributed by atoms with Crippen LogP contribution in [0.1, 0.15) is 57.4 Å². The molecule has 0 spiro atoms. The third kappa shape index (κ3) is 8.19. The van der Waals surface area contributed by atoms with Gasteiger partial charge in [0.15, 0.2) is 9.84 Å². The Hall–Kier alpha value is -2.62. The highest BCUT2D eigenvalue weighted by Gasteiger charge is 2.40. The van der Waals surface area contributed by atoms with Crippen molar-refractivity contribution in [2.75, 3.05) is 39.4 Å². The molecule has 2 aromatic carbocycles. The molecule has 2 heterocycles. The molecule has 0 aliphatic carbocycles. The molecule has 2 atom stereocenters. The lowest BCUT2D eigenvalue weighted by Crippen LogP contribution is -2.47. The van der Waals surface area contributed by atoms with Crippen molar-refractivity contribution < 1.29 is 27.8 Å². The maximum Gasteiger partial charge on any atom is 0.306 e. The Kier molecular flexibility index (Phi) is 10.6. The molecule has 2 saturated heterocycles. The van der Waals surface area contributed by atoms with Gasteiger partial charge in [0.1, 0.15) is 23.5 Å². The second kappa shape index (κ2) is 14.1. The molecule has 2 aliphatic heterocycles. The number of unbranched alkanes of at least 4 members (excludes halogenated alkanes) is 1. The molecule has 2 aliphatic rings. The summed E-state index contributed by atoms with van der Waals surface area (Å²) in [5.74, 6) is -0.204. The smallest absolute Gasteiger partial charge is 0.306 e. The van der Waals surface area contributed by atoms with Crippen LogP contribution in [0.3, 0.4) is 0 Å². The molecule has 4 rings (SSSR count). The van der Waals surface area contributed by atoms with Crippen LogP contribution < -0.4 is 9.47 Å². The van der Waals surface area contributed by atoms with Gasteiger partial charge in [-0.1, -0.05) is 31.9 Å². The van der Waals surface area contributed by atoms with Gasteiger partial charge in [0.05, 0.1) is 17.4 Å². The molecule has 0 amide bonds. The van der Waals surface area contributed by atoms with Gasteiger partial charge >= 0.3 is 5.97 Å². The largest absolute Gasteiger partial charge is 0.494 e. The van der Waals surface area contributed by atoms with Gasteiger partial charge in [-0.15, -0.1) is 0 Å². The zero-order chi connectivity index (χ0) is 27.7. The van der Waals surface area contributed by atoms with E-state index >= 15 is 0 Å². The Morgan fingerprint density at radius 3 is 2.21 bits per heavy atom. The number of rotatable bonds is 13. The molecule has 214 valence electrons. The number of carboxylic acid groups (broad SMARTS) is 1. The molecule has 0 radical (unpaired) electrons. The van der Waals surface area contributed by atoms with Crippen LogP contribution in [0.2, 0.25) is 0 Å². The second-order valence-corrected chi connectivity index (χ2v) is 12.7. The normalized spacial score (nSPS) is 20.9. The van der Waals surface area contributed by atoms with E-state index in [1.54, 1.807) is 24.3 Å². The van der Waals surface area contributed by atoms with Crippen molar-refractivity contribution in [1.29, 1.82) is 0 Å². The first-order valence-corrected chi connectivity index (χ1v) is 15.8. The minimum atomic E-state index is -3.79. The van der Waals surface area contributed by atoms with Crippen LogP contribution in [0.15, 0.2) is 53.4 Å². The number of carbonyl (C=O) groups is 1. The minimum Gasteiger partial charge on any atom is -0.494 e. The third-order valence-electron chi connectivity index (χ3n) is 7.72. The van der Waals surface area contributed by atoms with Crippen LogP contribution in [0.25, 0.3) is 0 Å². The van der Waals surface area contributed by atoms with Crippen LogP contribution in [0.5, 0.6) is 11.5 Å². The maximum atomic E-state index is 13.7. The van der Waals surface area contributed by atoms with Gasteiger partial charge in [0, 0.05) is 19.6 Å². The number of likely N-dealkylation sites (tertiary alicyclic amines) is 2. The van der Waals surface area contributed by atoms with Gasteiger partial charge in [-0.3, -0.25) is 14.6 Å². The summed E-state index contributed by atoms with van der Waals surface area (Å²) in [5, 5.41) is 8.73.